The van der Waals surface area contributed by atoms with Crippen LogP contribution in [0.15, 0.2) is 122 Å². The summed E-state index contributed by atoms with van der Waals surface area (Å²) >= 11 is 0. The van der Waals surface area contributed by atoms with E-state index in [9.17, 15) is 14.4 Å². The maximum atomic E-state index is 12.9. The SMILES string of the molecule is CC/C=C\C/C=C\C/C=C\C/C=C\C/C=C\C/C=C\CCCCC(=O)OC(COC(=O)CCCCCCC/C=C\C/C=C\CCCCC)COC(=O)CCCCCCCCCCCCCCCCCCC/C=C\C/C=C\CCCCCCC. The Bertz CT molecular complexity index is 1700. The molecule has 0 spiro atoms. The third-order valence-corrected chi connectivity index (χ3v) is 14.9. The van der Waals surface area contributed by atoms with E-state index in [1.807, 2.05) is 0 Å². The van der Waals surface area contributed by atoms with Crippen molar-refractivity contribution >= 4 is 17.9 Å². The van der Waals surface area contributed by atoms with Gasteiger partial charge < -0.3 is 14.2 Å². The zero-order valence-electron chi connectivity index (χ0n) is 54.4. The summed E-state index contributed by atoms with van der Waals surface area (Å²) in [6, 6.07) is 0. The van der Waals surface area contributed by atoms with E-state index in [1.54, 1.807) is 0 Å². The van der Waals surface area contributed by atoms with Gasteiger partial charge >= 0.3 is 17.9 Å². The lowest BCUT2D eigenvalue weighted by atomic mass is 10.0. The van der Waals surface area contributed by atoms with Crippen LogP contribution in [0.1, 0.15) is 329 Å². The maximum Gasteiger partial charge on any atom is 0.306 e. The summed E-state index contributed by atoms with van der Waals surface area (Å²) < 4.78 is 16.9. The Morgan fingerprint density at radius 1 is 0.253 bits per heavy atom. The summed E-state index contributed by atoms with van der Waals surface area (Å²) in [6.45, 7) is 6.47. The molecule has 1 atom stereocenters. The Morgan fingerprint density at radius 2 is 0.470 bits per heavy atom. The minimum absolute atomic E-state index is 0.101. The number of unbranched alkanes of at least 4 members (excludes halogenated alkanes) is 32. The van der Waals surface area contributed by atoms with Crippen molar-refractivity contribution in [2.45, 2.75) is 335 Å². The first-order chi connectivity index (χ1) is 41.0. The first-order valence-corrected chi connectivity index (χ1v) is 35.0. The Kier molecular flexibility index (Phi) is 66.7. The number of carbonyl (C=O) groups is 3. The van der Waals surface area contributed by atoms with Gasteiger partial charge in [0.25, 0.3) is 0 Å². The van der Waals surface area contributed by atoms with Crippen LogP contribution in [0.25, 0.3) is 0 Å². The number of esters is 3. The molecule has 1 unspecified atom stereocenters. The predicted molar refractivity (Wildman–Crippen MR) is 362 cm³/mol. The summed E-state index contributed by atoms with van der Waals surface area (Å²) in [5.74, 6) is -0.950. The molecule has 0 aliphatic carbocycles. The lowest BCUT2D eigenvalue weighted by molar-refractivity contribution is -0.167. The van der Waals surface area contributed by atoms with Gasteiger partial charge in [0, 0.05) is 19.3 Å². The van der Waals surface area contributed by atoms with Crippen molar-refractivity contribution < 1.29 is 28.6 Å². The molecule has 0 aromatic carbocycles. The van der Waals surface area contributed by atoms with Gasteiger partial charge in [0.1, 0.15) is 13.2 Å². The lowest BCUT2D eigenvalue weighted by Gasteiger charge is -2.18. The van der Waals surface area contributed by atoms with Gasteiger partial charge in [-0.05, 0) is 135 Å². The van der Waals surface area contributed by atoms with E-state index in [0.29, 0.717) is 19.3 Å². The largest absolute Gasteiger partial charge is 0.462 e. The van der Waals surface area contributed by atoms with Crippen molar-refractivity contribution in [3.05, 3.63) is 122 Å². The summed E-state index contributed by atoms with van der Waals surface area (Å²) in [7, 11) is 0. The molecule has 0 bridgehead atoms. The van der Waals surface area contributed by atoms with Crippen molar-refractivity contribution in [3.63, 3.8) is 0 Å². The molecule has 6 nitrogen and oxygen atoms in total. The predicted octanol–water partition coefficient (Wildman–Crippen LogP) is 24.3. The Balaban J connectivity index is 4.36. The molecule has 0 N–H and O–H groups in total. The highest BCUT2D eigenvalue weighted by molar-refractivity contribution is 5.71. The van der Waals surface area contributed by atoms with E-state index in [2.05, 4.69) is 142 Å². The van der Waals surface area contributed by atoms with Gasteiger partial charge in [0.05, 0.1) is 0 Å². The minimum Gasteiger partial charge on any atom is -0.462 e. The number of allylic oxidation sites excluding steroid dienone is 20. The van der Waals surface area contributed by atoms with Crippen LogP contribution in [0.4, 0.5) is 0 Å². The van der Waals surface area contributed by atoms with E-state index in [4.69, 9.17) is 14.2 Å². The summed E-state index contributed by atoms with van der Waals surface area (Å²) in [5, 5.41) is 0. The highest BCUT2D eigenvalue weighted by atomic mass is 16.6. The molecule has 0 radical (unpaired) electrons. The molecule has 0 saturated heterocycles. The van der Waals surface area contributed by atoms with E-state index in [-0.39, 0.29) is 37.5 Å². The second-order valence-electron chi connectivity index (χ2n) is 23.1. The van der Waals surface area contributed by atoms with Crippen molar-refractivity contribution in [2.24, 2.45) is 0 Å². The van der Waals surface area contributed by atoms with Crippen molar-refractivity contribution in [1.29, 1.82) is 0 Å². The second-order valence-corrected chi connectivity index (χ2v) is 23.1. The van der Waals surface area contributed by atoms with Gasteiger partial charge in [-0.15, -0.1) is 0 Å². The molecule has 0 aromatic heterocycles. The van der Waals surface area contributed by atoms with E-state index in [0.717, 1.165) is 122 Å². The average molecular weight is 1150 g/mol. The van der Waals surface area contributed by atoms with Gasteiger partial charge in [-0.3, -0.25) is 14.4 Å². The molecule has 83 heavy (non-hydrogen) atoms. The van der Waals surface area contributed by atoms with Crippen LogP contribution in [-0.2, 0) is 28.6 Å². The molecule has 0 amide bonds. The summed E-state index contributed by atoms with van der Waals surface area (Å²) in [5.41, 5.74) is 0. The number of hydrogen-bond acceptors (Lipinski definition) is 6. The number of ether oxygens (including phenoxy) is 3. The minimum atomic E-state index is -0.811. The molecule has 474 valence electrons. The molecule has 0 saturated carbocycles. The second kappa shape index (κ2) is 70.3. The van der Waals surface area contributed by atoms with Crippen LogP contribution in [0.3, 0.4) is 0 Å². The van der Waals surface area contributed by atoms with Crippen LogP contribution in [0.5, 0.6) is 0 Å². The van der Waals surface area contributed by atoms with Crippen LogP contribution in [-0.4, -0.2) is 37.2 Å². The van der Waals surface area contributed by atoms with E-state index < -0.39 is 6.10 Å². The molecule has 0 rings (SSSR count). The first kappa shape index (κ1) is 78.8. The molecule has 0 fully saturated rings. The smallest absolute Gasteiger partial charge is 0.306 e. The lowest BCUT2D eigenvalue weighted by Crippen LogP contribution is -2.30. The number of hydrogen-bond donors (Lipinski definition) is 0. The molecular formula is C77H130O6. The topological polar surface area (TPSA) is 78.9 Å². The van der Waals surface area contributed by atoms with Crippen LogP contribution >= 0.6 is 0 Å². The monoisotopic (exact) mass is 1150 g/mol. The molecule has 0 aliphatic rings. The Labute approximate surface area is 513 Å². The van der Waals surface area contributed by atoms with Crippen molar-refractivity contribution in [1.82, 2.24) is 0 Å². The number of carbonyl (C=O) groups excluding carboxylic acids is 3. The van der Waals surface area contributed by atoms with Gasteiger partial charge in [-0.25, -0.2) is 0 Å². The summed E-state index contributed by atoms with van der Waals surface area (Å²) in [4.78, 5) is 38.4. The van der Waals surface area contributed by atoms with Gasteiger partial charge in [0.2, 0.25) is 0 Å². The summed E-state index contributed by atoms with van der Waals surface area (Å²) in [6.07, 6.45) is 98.0. The molecule has 6 heteroatoms. The molecule has 0 aromatic rings. The fraction of sp³-hybridized carbons (Fsp3) is 0.701. The van der Waals surface area contributed by atoms with Gasteiger partial charge in [-0.1, -0.05) is 296 Å². The average Bonchev–Trinajstić information content (AvgIpc) is 3.49. The van der Waals surface area contributed by atoms with Crippen molar-refractivity contribution in [3.8, 4) is 0 Å². The Morgan fingerprint density at radius 3 is 0.783 bits per heavy atom. The molecule has 0 aliphatic heterocycles. The highest BCUT2D eigenvalue weighted by Crippen LogP contribution is 2.17. The third kappa shape index (κ3) is 68.5. The fourth-order valence-corrected chi connectivity index (χ4v) is 9.68. The zero-order valence-corrected chi connectivity index (χ0v) is 54.4. The van der Waals surface area contributed by atoms with Crippen molar-refractivity contribution in [2.75, 3.05) is 13.2 Å². The van der Waals surface area contributed by atoms with Gasteiger partial charge in [-0.2, -0.15) is 0 Å². The molecule has 0 heterocycles. The van der Waals surface area contributed by atoms with Crippen LogP contribution in [0, 0.1) is 0 Å². The Hall–Kier alpha value is -4.19. The number of rotatable bonds is 63. The highest BCUT2D eigenvalue weighted by Gasteiger charge is 2.19. The van der Waals surface area contributed by atoms with E-state index >= 15 is 0 Å². The normalized spacial score (nSPS) is 12.9. The maximum absolute atomic E-state index is 12.9. The van der Waals surface area contributed by atoms with Gasteiger partial charge in [0.15, 0.2) is 6.10 Å². The molecular weight excluding hydrogens is 1020 g/mol. The standard InChI is InChI=1S/C77H130O6/c1-4-7-10-13-16-19-22-25-28-30-32-34-35-36-37-38-39-40-41-43-44-46-49-52-55-58-61-64-67-70-76(79)82-73-74(72-81-75(78)69-66-63-60-57-54-51-48-27-24-21-18-15-12-9-6-3)83-77(80)71-68-65-62-59-56-53-50-47-45-42-33-31-29-26-23-20-17-14-11-8-5-2/h8,11,17-18,20-22,25-27,29-30,32-33,42,47-48,50,56,59,74H,4-7,9-10,12-16,19,23-24,28,31,34-41,43-46,49,51-55,57-58,60-73H2,1-3H3/b11-8-,20-17-,21-18-,25-22-,29-26-,32-30-,42-33-,48-27-,50-47-,59-56-. The zero-order chi connectivity index (χ0) is 59.9. The fourth-order valence-electron chi connectivity index (χ4n) is 9.68. The van der Waals surface area contributed by atoms with E-state index in [1.165, 1.54) is 161 Å². The third-order valence-electron chi connectivity index (χ3n) is 14.9. The quantitative estimate of drug-likeness (QED) is 0.0261. The van der Waals surface area contributed by atoms with Crippen LogP contribution in [0.2, 0.25) is 0 Å². The van der Waals surface area contributed by atoms with Crippen LogP contribution < -0.4 is 0 Å². The first-order valence-electron chi connectivity index (χ1n) is 35.0.